The molecule has 2 aliphatic rings. The maximum atomic E-state index is 13.8. The molecule has 0 N–H and O–H groups in total. The fraction of sp³-hybridized carbons (Fsp3) is 0.500. The molecule has 0 radical (unpaired) electrons. The molecule has 0 bridgehead atoms. The largest absolute Gasteiger partial charge is 0.494 e. The van der Waals surface area contributed by atoms with Crippen LogP contribution in [0.25, 0.3) is 10.2 Å². The first-order valence-electron chi connectivity index (χ1n) is 13.1. The molecule has 3 unspecified atom stereocenters. The molecule has 3 atom stereocenters. The number of hydrogen-bond donors (Lipinski definition) is 0. The van der Waals surface area contributed by atoms with E-state index in [0.29, 0.717) is 54.5 Å². The summed E-state index contributed by atoms with van der Waals surface area (Å²) >= 11 is 1.45. The van der Waals surface area contributed by atoms with Crippen LogP contribution in [0.3, 0.4) is 0 Å². The van der Waals surface area contributed by atoms with Gasteiger partial charge in [0.05, 0.1) is 29.4 Å². The van der Waals surface area contributed by atoms with Gasteiger partial charge < -0.3 is 9.47 Å². The number of benzene rings is 2. The van der Waals surface area contributed by atoms with Crippen LogP contribution in [-0.2, 0) is 14.8 Å². The fourth-order valence-electron chi connectivity index (χ4n) is 5.49. The molecule has 10 heteroatoms. The number of aromatic nitrogens is 1. The van der Waals surface area contributed by atoms with Crippen LogP contribution >= 0.6 is 11.3 Å². The van der Waals surface area contributed by atoms with Crippen LogP contribution in [0, 0.1) is 18.8 Å². The average molecular weight is 558 g/mol. The van der Waals surface area contributed by atoms with Gasteiger partial charge in [-0.2, -0.15) is 4.31 Å². The van der Waals surface area contributed by atoms with Gasteiger partial charge in [0.1, 0.15) is 11.3 Å². The third-order valence-corrected chi connectivity index (χ3v) is 10.4. The number of rotatable bonds is 7. The van der Waals surface area contributed by atoms with E-state index in [4.69, 9.17) is 14.5 Å². The molecule has 2 fully saturated rings. The van der Waals surface area contributed by atoms with E-state index in [9.17, 15) is 13.2 Å². The molecule has 0 spiro atoms. The van der Waals surface area contributed by atoms with Crippen LogP contribution in [0.2, 0.25) is 0 Å². The standard InChI is InChI=1S/C28H35N3O5S2/c1-18-14-19(2)16-30(15-18)38(33,34)23-10-8-21(9-11-23)27(32)31(17-22-6-5-13-36-22)28-29-25-24(35-4)12-7-20(3)26(25)37-28/h7-12,18-19,22H,5-6,13-17H2,1-4H3. The van der Waals surface area contributed by atoms with Gasteiger partial charge in [0, 0.05) is 25.3 Å². The molecule has 2 aliphatic heterocycles. The SMILES string of the molecule is COc1ccc(C)c2sc(N(CC3CCCO3)C(=O)c3ccc(S(=O)(=O)N4CC(C)CC(C)C4)cc3)nc12. The minimum Gasteiger partial charge on any atom is -0.494 e. The molecule has 3 heterocycles. The molecule has 3 aromatic rings. The Morgan fingerprint density at radius 1 is 1.16 bits per heavy atom. The van der Waals surface area contributed by atoms with E-state index < -0.39 is 10.0 Å². The van der Waals surface area contributed by atoms with Crippen molar-refractivity contribution in [1.29, 1.82) is 0 Å². The quantitative estimate of drug-likeness (QED) is 0.401. The van der Waals surface area contributed by atoms with Gasteiger partial charge in [-0.15, -0.1) is 0 Å². The third-order valence-electron chi connectivity index (χ3n) is 7.37. The zero-order valence-corrected chi connectivity index (χ0v) is 24.0. The second kappa shape index (κ2) is 10.9. The van der Waals surface area contributed by atoms with Gasteiger partial charge in [-0.1, -0.05) is 31.3 Å². The first-order valence-corrected chi connectivity index (χ1v) is 15.4. The lowest BCUT2D eigenvalue weighted by atomic mass is 9.94. The number of piperidine rings is 1. The van der Waals surface area contributed by atoms with Gasteiger partial charge in [-0.3, -0.25) is 9.69 Å². The Morgan fingerprint density at radius 3 is 2.50 bits per heavy atom. The summed E-state index contributed by atoms with van der Waals surface area (Å²) in [4.78, 5) is 20.5. The van der Waals surface area contributed by atoms with Crippen LogP contribution in [-0.4, -0.2) is 63.1 Å². The molecule has 0 aliphatic carbocycles. The number of aryl methyl sites for hydroxylation is 1. The first kappa shape index (κ1) is 27.1. The topological polar surface area (TPSA) is 89.0 Å². The zero-order chi connectivity index (χ0) is 27.0. The van der Waals surface area contributed by atoms with E-state index in [-0.39, 0.29) is 16.9 Å². The van der Waals surface area contributed by atoms with Crippen molar-refractivity contribution >= 4 is 42.6 Å². The van der Waals surface area contributed by atoms with Crippen molar-refractivity contribution in [2.45, 2.75) is 51.0 Å². The van der Waals surface area contributed by atoms with E-state index >= 15 is 0 Å². The maximum Gasteiger partial charge on any atom is 0.260 e. The Morgan fingerprint density at radius 2 is 1.87 bits per heavy atom. The summed E-state index contributed by atoms with van der Waals surface area (Å²) in [6.07, 6.45) is 2.79. The number of anilines is 1. The lowest BCUT2D eigenvalue weighted by Gasteiger charge is -2.34. The Labute approximate surface area is 228 Å². The number of carbonyl (C=O) groups excluding carboxylic acids is 1. The second-order valence-electron chi connectivity index (χ2n) is 10.6. The minimum atomic E-state index is -3.63. The van der Waals surface area contributed by atoms with Crippen LogP contribution in [0.4, 0.5) is 5.13 Å². The molecule has 2 saturated heterocycles. The Bertz CT molecular complexity index is 1400. The van der Waals surface area contributed by atoms with Gasteiger partial charge in [0.15, 0.2) is 5.13 Å². The van der Waals surface area contributed by atoms with Crippen molar-refractivity contribution in [2.75, 3.05) is 38.3 Å². The van der Waals surface area contributed by atoms with Crippen LogP contribution < -0.4 is 9.64 Å². The van der Waals surface area contributed by atoms with E-state index in [0.717, 1.165) is 35.0 Å². The fourth-order valence-corrected chi connectivity index (χ4v) is 8.23. The predicted octanol–water partition coefficient (Wildman–Crippen LogP) is 5.11. The lowest BCUT2D eigenvalue weighted by molar-refractivity contribution is 0.0917. The number of carbonyl (C=O) groups is 1. The first-order chi connectivity index (χ1) is 18.2. The molecular weight excluding hydrogens is 522 g/mol. The molecule has 0 saturated carbocycles. The predicted molar refractivity (Wildman–Crippen MR) is 150 cm³/mol. The van der Waals surface area contributed by atoms with Gasteiger partial charge in [-0.25, -0.2) is 13.4 Å². The van der Waals surface area contributed by atoms with Crippen LogP contribution in [0.1, 0.15) is 49.0 Å². The zero-order valence-electron chi connectivity index (χ0n) is 22.3. The summed E-state index contributed by atoms with van der Waals surface area (Å²) in [6.45, 7) is 8.28. The normalized spacial score (nSPS) is 22.6. The van der Waals surface area contributed by atoms with Crippen molar-refractivity contribution in [3.63, 3.8) is 0 Å². The summed E-state index contributed by atoms with van der Waals surface area (Å²) in [5.74, 6) is 1.06. The summed E-state index contributed by atoms with van der Waals surface area (Å²) in [5, 5.41) is 0.570. The number of ether oxygens (including phenoxy) is 2. The van der Waals surface area contributed by atoms with Gasteiger partial charge >= 0.3 is 0 Å². The van der Waals surface area contributed by atoms with Crippen LogP contribution in [0.5, 0.6) is 5.75 Å². The van der Waals surface area contributed by atoms with Crippen LogP contribution in [0.15, 0.2) is 41.3 Å². The average Bonchev–Trinajstić information content (AvgIpc) is 3.57. The van der Waals surface area contributed by atoms with Crippen molar-refractivity contribution in [2.24, 2.45) is 11.8 Å². The Balaban J connectivity index is 1.45. The third kappa shape index (κ3) is 5.32. The Hall–Kier alpha value is -2.53. The summed E-state index contributed by atoms with van der Waals surface area (Å²) in [7, 11) is -2.02. The molecule has 2 aromatic carbocycles. The minimum absolute atomic E-state index is 0.0725. The molecule has 5 rings (SSSR count). The van der Waals surface area contributed by atoms with Crippen molar-refractivity contribution in [3.8, 4) is 5.75 Å². The number of amides is 1. The van der Waals surface area contributed by atoms with Gasteiger partial charge in [0.2, 0.25) is 10.0 Å². The number of nitrogens with zero attached hydrogens (tertiary/aromatic N) is 3. The Kier molecular flexibility index (Phi) is 7.77. The summed E-state index contributed by atoms with van der Waals surface area (Å²) in [6, 6.07) is 10.2. The number of fused-ring (bicyclic) bond motifs is 1. The summed E-state index contributed by atoms with van der Waals surface area (Å²) < 4.78 is 40.6. The highest BCUT2D eigenvalue weighted by Crippen LogP contribution is 2.37. The molecular formula is C28H35N3O5S2. The molecule has 204 valence electrons. The highest BCUT2D eigenvalue weighted by Gasteiger charge is 2.32. The molecule has 8 nitrogen and oxygen atoms in total. The highest BCUT2D eigenvalue weighted by molar-refractivity contribution is 7.89. The van der Waals surface area contributed by atoms with Crippen molar-refractivity contribution in [1.82, 2.24) is 9.29 Å². The number of sulfonamides is 1. The summed E-state index contributed by atoms with van der Waals surface area (Å²) in [5.41, 5.74) is 2.19. The monoisotopic (exact) mass is 557 g/mol. The molecule has 38 heavy (non-hydrogen) atoms. The van der Waals surface area contributed by atoms with Crippen molar-refractivity contribution in [3.05, 3.63) is 47.5 Å². The number of methoxy groups -OCH3 is 1. The number of hydrogen-bond acceptors (Lipinski definition) is 7. The van der Waals surface area contributed by atoms with E-state index in [1.807, 2.05) is 19.1 Å². The second-order valence-corrected chi connectivity index (χ2v) is 13.5. The van der Waals surface area contributed by atoms with E-state index in [2.05, 4.69) is 13.8 Å². The highest BCUT2D eigenvalue weighted by atomic mass is 32.2. The number of thiazole rings is 1. The molecule has 1 aromatic heterocycles. The maximum absolute atomic E-state index is 13.8. The molecule has 1 amide bonds. The van der Waals surface area contributed by atoms with Gasteiger partial charge in [0.25, 0.3) is 5.91 Å². The van der Waals surface area contributed by atoms with E-state index in [1.54, 1.807) is 40.6 Å². The van der Waals surface area contributed by atoms with Crippen molar-refractivity contribution < 1.29 is 22.7 Å². The smallest absolute Gasteiger partial charge is 0.260 e. The lowest BCUT2D eigenvalue weighted by Crippen LogP contribution is -2.42. The van der Waals surface area contributed by atoms with E-state index in [1.165, 1.54) is 11.3 Å². The van der Waals surface area contributed by atoms with Gasteiger partial charge in [-0.05, 0) is 73.9 Å².